The minimum atomic E-state index is -3.35. The number of nitrogens with zero attached hydrogens (tertiary/aromatic N) is 5. The number of piperidine rings is 1. The molecule has 0 radical (unpaired) electrons. The zero-order valence-corrected chi connectivity index (χ0v) is 20.3. The highest BCUT2D eigenvalue weighted by atomic mass is 32.2. The average molecular weight is 474 g/mol. The lowest BCUT2D eigenvalue weighted by Gasteiger charge is -2.38. The molecule has 0 N–H and O–H groups in total. The van der Waals surface area contributed by atoms with Crippen molar-refractivity contribution in [3.63, 3.8) is 0 Å². The number of hydrogen-bond acceptors (Lipinski definition) is 4. The number of para-hydroxylation sites is 1. The molecule has 5 rings (SSSR count). The summed E-state index contributed by atoms with van der Waals surface area (Å²) in [6, 6.07) is 8.49. The number of carbonyl (C=O) groups is 1. The molecule has 0 saturated carbocycles. The summed E-state index contributed by atoms with van der Waals surface area (Å²) >= 11 is 0. The summed E-state index contributed by atoms with van der Waals surface area (Å²) < 4.78 is 30.9. The molecule has 33 heavy (non-hydrogen) atoms. The van der Waals surface area contributed by atoms with E-state index in [4.69, 9.17) is 0 Å². The SMILES string of the molecule is Cn1cc(CN2CCN(C(=O)C3CCN(S(=O)(=O)N4CCCC4)CC3)CC2)c2ccccc21. The molecule has 3 aliphatic heterocycles. The van der Waals surface area contributed by atoms with Crippen LogP contribution in [0.25, 0.3) is 10.9 Å². The maximum absolute atomic E-state index is 13.1. The number of fused-ring (bicyclic) bond motifs is 1. The summed E-state index contributed by atoms with van der Waals surface area (Å²) in [5.41, 5.74) is 2.58. The van der Waals surface area contributed by atoms with Gasteiger partial charge in [0.1, 0.15) is 0 Å². The van der Waals surface area contributed by atoms with Crippen molar-refractivity contribution in [1.29, 1.82) is 0 Å². The van der Waals surface area contributed by atoms with E-state index < -0.39 is 10.2 Å². The van der Waals surface area contributed by atoms with Crippen LogP contribution in [0.2, 0.25) is 0 Å². The van der Waals surface area contributed by atoms with E-state index >= 15 is 0 Å². The van der Waals surface area contributed by atoms with E-state index in [0.29, 0.717) is 39.0 Å². The fourth-order valence-electron chi connectivity index (χ4n) is 5.59. The number of amides is 1. The third-order valence-corrected chi connectivity index (χ3v) is 9.61. The number of hydrogen-bond donors (Lipinski definition) is 0. The van der Waals surface area contributed by atoms with Crippen molar-refractivity contribution in [2.75, 3.05) is 52.4 Å². The fourth-order valence-corrected chi connectivity index (χ4v) is 7.31. The zero-order valence-electron chi connectivity index (χ0n) is 19.5. The Morgan fingerprint density at radius 2 is 1.55 bits per heavy atom. The summed E-state index contributed by atoms with van der Waals surface area (Å²) in [4.78, 5) is 17.6. The van der Waals surface area contributed by atoms with Crippen LogP contribution in [0.1, 0.15) is 31.2 Å². The minimum Gasteiger partial charge on any atom is -0.350 e. The highest BCUT2D eigenvalue weighted by Crippen LogP contribution is 2.26. The normalized spacial score (nSPS) is 22.4. The number of piperazine rings is 1. The van der Waals surface area contributed by atoms with Crippen LogP contribution in [0.3, 0.4) is 0 Å². The molecule has 4 heterocycles. The van der Waals surface area contributed by atoms with E-state index in [-0.39, 0.29) is 11.8 Å². The second-order valence-electron chi connectivity index (χ2n) is 9.67. The van der Waals surface area contributed by atoms with Crippen molar-refractivity contribution >= 4 is 27.0 Å². The second-order valence-corrected chi connectivity index (χ2v) is 11.6. The molecule has 0 unspecified atom stereocenters. The topological polar surface area (TPSA) is 69.1 Å². The predicted molar refractivity (Wildman–Crippen MR) is 129 cm³/mol. The van der Waals surface area contributed by atoms with Crippen LogP contribution in [0.5, 0.6) is 0 Å². The van der Waals surface area contributed by atoms with Gasteiger partial charge in [-0.25, -0.2) is 0 Å². The number of aromatic nitrogens is 1. The van der Waals surface area contributed by atoms with Gasteiger partial charge in [0.2, 0.25) is 5.91 Å². The van der Waals surface area contributed by atoms with E-state index in [1.165, 1.54) is 16.5 Å². The van der Waals surface area contributed by atoms with Crippen molar-refractivity contribution in [3.05, 3.63) is 36.0 Å². The second kappa shape index (κ2) is 9.37. The molecule has 8 nitrogen and oxygen atoms in total. The Bertz CT molecular complexity index is 1090. The Morgan fingerprint density at radius 3 is 2.24 bits per heavy atom. The number of rotatable bonds is 5. The standard InChI is InChI=1S/C24H35N5O3S/c1-25-18-21(22-6-2-3-7-23(22)25)19-26-14-16-27(17-15-26)24(30)20-8-12-29(13-9-20)33(31,32)28-10-4-5-11-28/h2-3,6-7,18,20H,4-5,8-17,19H2,1H3. The van der Waals surface area contributed by atoms with Gasteiger partial charge in [0.15, 0.2) is 0 Å². The number of carbonyl (C=O) groups excluding carboxylic acids is 1. The van der Waals surface area contributed by atoms with Crippen molar-refractivity contribution in [1.82, 2.24) is 23.0 Å². The molecule has 3 fully saturated rings. The highest BCUT2D eigenvalue weighted by Gasteiger charge is 2.37. The largest absolute Gasteiger partial charge is 0.350 e. The first-order chi connectivity index (χ1) is 15.9. The zero-order chi connectivity index (χ0) is 23.0. The average Bonchev–Trinajstić information content (AvgIpc) is 3.49. The Balaban J connectivity index is 1.12. The van der Waals surface area contributed by atoms with Crippen LogP contribution in [0.15, 0.2) is 30.5 Å². The van der Waals surface area contributed by atoms with E-state index in [1.54, 1.807) is 8.61 Å². The molecule has 2 aromatic rings. The van der Waals surface area contributed by atoms with E-state index in [1.807, 2.05) is 4.90 Å². The maximum atomic E-state index is 13.1. The van der Waals surface area contributed by atoms with E-state index in [9.17, 15) is 13.2 Å². The Labute approximate surface area is 196 Å². The third kappa shape index (κ3) is 4.56. The van der Waals surface area contributed by atoms with Crippen molar-refractivity contribution in [3.8, 4) is 0 Å². The molecular weight excluding hydrogens is 438 g/mol. The smallest absolute Gasteiger partial charge is 0.281 e. The monoisotopic (exact) mass is 473 g/mol. The Kier molecular flexibility index (Phi) is 6.48. The van der Waals surface area contributed by atoms with Gasteiger partial charge in [0.25, 0.3) is 10.2 Å². The van der Waals surface area contributed by atoms with Crippen molar-refractivity contribution in [2.45, 2.75) is 32.2 Å². The van der Waals surface area contributed by atoms with Crippen LogP contribution in [-0.4, -0.2) is 89.7 Å². The molecule has 0 spiro atoms. The quantitative estimate of drug-likeness (QED) is 0.665. The van der Waals surface area contributed by atoms with Crippen LogP contribution in [-0.2, 0) is 28.6 Å². The molecule has 1 aromatic carbocycles. The molecule has 3 aliphatic rings. The molecule has 0 bridgehead atoms. The molecule has 3 saturated heterocycles. The Hall–Kier alpha value is -1.94. The lowest BCUT2D eigenvalue weighted by molar-refractivity contribution is -0.138. The molecule has 1 aromatic heterocycles. The van der Waals surface area contributed by atoms with Crippen LogP contribution in [0.4, 0.5) is 0 Å². The van der Waals surface area contributed by atoms with Gasteiger partial charge in [-0.15, -0.1) is 0 Å². The maximum Gasteiger partial charge on any atom is 0.281 e. The Morgan fingerprint density at radius 1 is 0.909 bits per heavy atom. The first kappa shape index (κ1) is 22.8. The molecule has 1 amide bonds. The van der Waals surface area contributed by atoms with Gasteiger partial charge in [0, 0.05) is 89.0 Å². The summed E-state index contributed by atoms with van der Waals surface area (Å²) in [7, 11) is -1.27. The molecular formula is C24H35N5O3S. The lowest BCUT2D eigenvalue weighted by atomic mass is 9.96. The molecule has 9 heteroatoms. The highest BCUT2D eigenvalue weighted by molar-refractivity contribution is 7.86. The fraction of sp³-hybridized carbons (Fsp3) is 0.625. The molecule has 0 aliphatic carbocycles. The third-order valence-electron chi connectivity index (χ3n) is 7.58. The van der Waals surface area contributed by atoms with Gasteiger partial charge in [-0.3, -0.25) is 9.69 Å². The van der Waals surface area contributed by atoms with Crippen molar-refractivity contribution in [2.24, 2.45) is 13.0 Å². The van der Waals surface area contributed by atoms with Crippen molar-refractivity contribution < 1.29 is 13.2 Å². The first-order valence-corrected chi connectivity index (χ1v) is 13.6. The lowest BCUT2D eigenvalue weighted by Crippen LogP contribution is -2.52. The van der Waals surface area contributed by atoms with Crippen LogP contribution < -0.4 is 0 Å². The summed E-state index contributed by atoms with van der Waals surface area (Å²) in [6.45, 7) is 6.30. The summed E-state index contributed by atoms with van der Waals surface area (Å²) in [5, 5.41) is 1.30. The van der Waals surface area contributed by atoms with Gasteiger partial charge in [-0.1, -0.05) is 18.2 Å². The first-order valence-electron chi connectivity index (χ1n) is 12.2. The van der Waals surface area contributed by atoms with E-state index in [2.05, 4.69) is 47.0 Å². The van der Waals surface area contributed by atoms with E-state index in [0.717, 1.165) is 45.6 Å². The predicted octanol–water partition coefficient (Wildman–Crippen LogP) is 1.88. The summed E-state index contributed by atoms with van der Waals surface area (Å²) in [5.74, 6) is 0.151. The number of aryl methyl sites for hydroxylation is 1. The minimum absolute atomic E-state index is 0.0559. The van der Waals surface area contributed by atoms with Gasteiger partial charge in [-0.05, 0) is 37.3 Å². The van der Waals surface area contributed by atoms with Gasteiger partial charge < -0.3 is 9.47 Å². The molecule has 0 atom stereocenters. The van der Waals surface area contributed by atoms with Crippen LogP contribution in [0, 0.1) is 5.92 Å². The van der Waals surface area contributed by atoms with Gasteiger partial charge in [-0.2, -0.15) is 17.0 Å². The number of benzene rings is 1. The molecule has 180 valence electrons. The summed E-state index contributed by atoms with van der Waals surface area (Å²) in [6.07, 6.45) is 5.36. The van der Waals surface area contributed by atoms with Gasteiger partial charge >= 0.3 is 0 Å². The van der Waals surface area contributed by atoms with Gasteiger partial charge in [0.05, 0.1) is 0 Å². The van der Waals surface area contributed by atoms with Crippen LogP contribution >= 0.6 is 0 Å².